The summed E-state index contributed by atoms with van der Waals surface area (Å²) in [6.07, 6.45) is 5.75. The molecule has 0 saturated carbocycles. The zero-order valence-electron chi connectivity index (χ0n) is 11.6. The fraction of sp³-hybridized carbons (Fsp3) is 0.143. The van der Waals surface area contributed by atoms with E-state index in [9.17, 15) is 4.79 Å². The molecule has 0 spiro atoms. The zero-order chi connectivity index (χ0) is 15.1. The molecule has 21 heavy (non-hydrogen) atoms. The Morgan fingerprint density at radius 2 is 2.14 bits per heavy atom. The van der Waals surface area contributed by atoms with Gasteiger partial charge in [-0.25, -0.2) is 10.4 Å². The molecule has 0 bridgehead atoms. The van der Waals surface area contributed by atoms with Gasteiger partial charge in [-0.1, -0.05) is 6.07 Å². The van der Waals surface area contributed by atoms with Crippen LogP contribution in [0.2, 0.25) is 0 Å². The molecule has 7 heteroatoms. The lowest BCUT2D eigenvalue weighted by Gasteiger charge is -2.09. The number of benzene rings is 1. The van der Waals surface area contributed by atoms with E-state index in [2.05, 4.69) is 20.5 Å². The molecular formula is C14H14N4O3. The molecule has 1 aromatic carbocycles. The molecule has 0 radical (unpaired) electrons. The van der Waals surface area contributed by atoms with Crippen molar-refractivity contribution in [3.8, 4) is 11.5 Å². The first-order valence-corrected chi connectivity index (χ1v) is 6.06. The summed E-state index contributed by atoms with van der Waals surface area (Å²) in [5.41, 5.74) is 3.23. The minimum absolute atomic E-state index is 0.187. The van der Waals surface area contributed by atoms with Gasteiger partial charge in [-0.15, -0.1) is 0 Å². The molecule has 0 fully saturated rings. The third-order valence-corrected chi connectivity index (χ3v) is 2.60. The van der Waals surface area contributed by atoms with Crippen molar-refractivity contribution >= 4 is 12.1 Å². The van der Waals surface area contributed by atoms with Gasteiger partial charge in [0.05, 0.1) is 26.6 Å². The van der Waals surface area contributed by atoms with Gasteiger partial charge in [0, 0.05) is 18.0 Å². The van der Waals surface area contributed by atoms with Crippen LogP contribution in [0.1, 0.15) is 16.1 Å². The van der Waals surface area contributed by atoms with Crippen LogP contribution in [0, 0.1) is 0 Å². The van der Waals surface area contributed by atoms with Crippen LogP contribution in [0.15, 0.2) is 41.9 Å². The van der Waals surface area contributed by atoms with Gasteiger partial charge >= 0.3 is 0 Å². The first kappa shape index (κ1) is 14.4. The molecule has 2 aromatic rings. The van der Waals surface area contributed by atoms with Gasteiger partial charge in [0.15, 0.2) is 11.5 Å². The van der Waals surface area contributed by atoms with Crippen LogP contribution in [0.3, 0.4) is 0 Å². The monoisotopic (exact) mass is 286 g/mol. The number of nitrogens with zero attached hydrogens (tertiary/aromatic N) is 3. The van der Waals surface area contributed by atoms with Crippen LogP contribution in [0.5, 0.6) is 11.5 Å². The zero-order valence-corrected chi connectivity index (χ0v) is 11.6. The number of amides is 1. The summed E-state index contributed by atoms with van der Waals surface area (Å²) in [5, 5.41) is 3.87. The number of hydrogen-bond acceptors (Lipinski definition) is 6. The molecule has 1 amide bonds. The Kier molecular flexibility index (Phi) is 4.81. The standard InChI is InChI=1S/C14H14N4O3/c1-20-12-5-3-4-10(13(12)21-2)8-17-18-14(19)11-9-15-6-7-16-11/h3-9H,1-2H3,(H,18,19)/b17-8-. The fourth-order valence-corrected chi connectivity index (χ4v) is 1.65. The van der Waals surface area contributed by atoms with Crippen LogP contribution < -0.4 is 14.9 Å². The molecule has 108 valence electrons. The highest BCUT2D eigenvalue weighted by molar-refractivity contribution is 5.93. The van der Waals surface area contributed by atoms with Crippen LogP contribution in [0.4, 0.5) is 0 Å². The topological polar surface area (TPSA) is 85.7 Å². The molecule has 0 aliphatic carbocycles. The van der Waals surface area contributed by atoms with Crippen molar-refractivity contribution in [2.45, 2.75) is 0 Å². The lowest BCUT2D eigenvalue weighted by Crippen LogP contribution is -2.19. The van der Waals surface area contributed by atoms with E-state index in [1.54, 1.807) is 25.3 Å². The second-order valence-electron chi connectivity index (χ2n) is 3.87. The lowest BCUT2D eigenvalue weighted by molar-refractivity contribution is 0.0949. The highest BCUT2D eigenvalue weighted by Gasteiger charge is 2.08. The Labute approximate surface area is 121 Å². The number of hydrazone groups is 1. The highest BCUT2D eigenvalue weighted by atomic mass is 16.5. The Morgan fingerprint density at radius 3 is 2.81 bits per heavy atom. The van der Waals surface area contributed by atoms with Crippen molar-refractivity contribution in [2.24, 2.45) is 5.10 Å². The van der Waals surface area contributed by atoms with Crippen LogP contribution in [0.25, 0.3) is 0 Å². The summed E-state index contributed by atoms with van der Waals surface area (Å²) in [4.78, 5) is 19.4. The number of carbonyl (C=O) groups excluding carboxylic acids is 1. The summed E-state index contributed by atoms with van der Waals surface area (Å²) in [6.45, 7) is 0. The van der Waals surface area contributed by atoms with Crippen molar-refractivity contribution in [1.29, 1.82) is 0 Å². The number of rotatable bonds is 5. The number of nitrogens with one attached hydrogen (secondary N) is 1. The van der Waals surface area contributed by atoms with Crippen LogP contribution >= 0.6 is 0 Å². The third kappa shape index (κ3) is 3.53. The molecule has 2 rings (SSSR count). The molecule has 7 nitrogen and oxygen atoms in total. The van der Waals surface area contributed by atoms with Gasteiger partial charge in [-0.2, -0.15) is 5.10 Å². The van der Waals surface area contributed by atoms with E-state index in [4.69, 9.17) is 9.47 Å². The minimum Gasteiger partial charge on any atom is -0.493 e. The molecule has 0 saturated heterocycles. The van der Waals surface area contributed by atoms with Gasteiger partial charge in [0.1, 0.15) is 5.69 Å². The molecule has 0 unspecified atom stereocenters. The molecule has 1 N–H and O–H groups in total. The summed E-state index contributed by atoms with van der Waals surface area (Å²) in [5.74, 6) is 0.681. The third-order valence-electron chi connectivity index (χ3n) is 2.60. The van der Waals surface area contributed by atoms with Crippen molar-refractivity contribution in [1.82, 2.24) is 15.4 Å². The maximum absolute atomic E-state index is 11.7. The molecule has 0 aliphatic rings. The Morgan fingerprint density at radius 1 is 1.29 bits per heavy atom. The maximum atomic E-state index is 11.7. The number of hydrogen-bond donors (Lipinski definition) is 1. The summed E-state index contributed by atoms with van der Waals surface area (Å²) in [6, 6.07) is 5.36. The second kappa shape index (κ2) is 6.99. The quantitative estimate of drug-likeness (QED) is 0.660. The van der Waals surface area contributed by atoms with E-state index in [-0.39, 0.29) is 5.69 Å². The average Bonchev–Trinajstić information content (AvgIpc) is 2.55. The van der Waals surface area contributed by atoms with E-state index in [1.165, 1.54) is 31.9 Å². The summed E-state index contributed by atoms with van der Waals surface area (Å²) < 4.78 is 10.4. The van der Waals surface area contributed by atoms with Crippen LogP contribution in [-0.2, 0) is 0 Å². The van der Waals surface area contributed by atoms with Crippen LogP contribution in [-0.4, -0.2) is 36.3 Å². The first-order valence-electron chi connectivity index (χ1n) is 6.06. The highest BCUT2D eigenvalue weighted by Crippen LogP contribution is 2.29. The van der Waals surface area contributed by atoms with E-state index < -0.39 is 5.91 Å². The SMILES string of the molecule is COc1cccc(/C=N\NC(=O)c2cnccn2)c1OC. The van der Waals surface area contributed by atoms with Crippen molar-refractivity contribution in [3.05, 3.63) is 48.0 Å². The van der Waals surface area contributed by atoms with E-state index in [0.717, 1.165) is 0 Å². The second-order valence-corrected chi connectivity index (χ2v) is 3.87. The fourth-order valence-electron chi connectivity index (χ4n) is 1.65. The predicted molar refractivity (Wildman–Crippen MR) is 76.6 cm³/mol. The van der Waals surface area contributed by atoms with Gasteiger partial charge in [0.2, 0.25) is 0 Å². The Hall–Kier alpha value is -2.96. The lowest BCUT2D eigenvalue weighted by atomic mass is 10.2. The number of para-hydroxylation sites is 1. The average molecular weight is 286 g/mol. The van der Waals surface area contributed by atoms with E-state index in [0.29, 0.717) is 17.1 Å². The number of ether oxygens (including phenoxy) is 2. The minimum atomic E-state index is -0.443. The molecule has 1 heterocycles. The first-order chi connectivity index (χ1) is 10.3. The molecule has 1 aromatic heterocycles. The van der Waals surface area contributed by atoms with E-state index in [1.807, 2.05) is 0 Å². The van der Waals surface area contributed by atoms with Gasteiger partial charge in [-0.05, 0) is 12.1 Å². The number of methoxy groups -OCH3 is 2. The van der Waals surface area contributed by atoms with Gasteiger partial charge in [0.25, 0.3) is 5.91 Å². The largest absolute Gasteiger partial charge is 0.493 e. The molecule has 0 atom stereocenters. The summed E-state index contributed by atoms with van der Waals surface area (Å²) >= 11 is 0. The van der Waals surface area contributed by atoms with Crippen molar-refractivity contribution in [2.75, 3.05) is 14.2 Å². The molecule has 0 aliphatic heterocycles. The number of carbonyl (C=O) groups is 1. The normalized spacial score (nSPS) is 10.4. The number of aromatic nitrogens is 2. The van der Waals surface area contributed by atoms with Gasteiger partial charge < -0.3 is 9.47 Å². The summed E-state index contributed by atoms with van der Waals surface area (Å²) in [7, 11) is 3.09. The van der Waals surface area contributed by atoms with E-state index >= 15 is 0 Å². The van der Waals surface area contributed by atoms with Crippen molar-refractivity contribution in [3.63, 3.8) is 0 Å². The Bertz CT molecular complexity index is 644. The van der Waals surface area contributed by atoms with Crippen molar-refractivity contribution < 1.29 is 14.3 Å². The molecular weight excluding hydrogens is 272 g/mol. The predicted octanol–water partition coefficient (Wildman–Crippen LogP) is 1.26. The Balaban J connectivity index is 2.10. The maximum Gasteiger partial charge on any atom is 0.291 e. The van der Waals surface area contributed by atoms with Gasteiger partial charge in [-0.3, -0.25) is 9.78 Å². The smallest absolute Gasteiger partial charge is 0.291 e.